The number of benzene rings is 1. The first kappa shape index (κ1) is 14.7. The SMILES string of the molecule is Cc1cc(C(N)=S)nc(Nc2c(F)cc(Br)cc2F)n1. The summed E-state index contributed by atoms with van der Waals surface area (Å²) in [5.74, 6) is -1.51. The second-order valence-electron chi connectivity index (χ2n) is 3.95. The highest BCUT2D eigenvalue weighted by Crippen LogP contribution is 2.25. The maximum Gasteiger partial charge on any atom is 0.228 e. The van der Waals surface area contributed by atoms with Crippen LogP contribution in [0.1, 0.15) is 11.4 Å². The van der Waals surface area contributed by atoms with Gasteiger partial charge in [-0.15, -0.1) is 0 Å². The predicted octanol–water partition coefficient (Wildman–Crippen LogP) is 3.20. The monoisotopic (exact) mass is 358 g/mol. The molecular weight excluding hydrogens is 350 g/mol. The zero-order valence-corrected chi connectivity index (χ0v) is 12.6. The molecule has 0 amide bonds. The van der Waals surface area contributed by atoms with Gasteiger partial charge in [0.15, 0.2) is 11.6 Å². The number of rotatable bonds is 3. The Morgan fingerprint density at radius 2 is 1.85 bits per heavy atom. The van der Waals surface area contributed by atoms with Gasteiger partial charge in [-0.25, -0.2) is 18.7 Å². The molecule has 1 heterocycles. The first-order valence-electron chi connectivity index (χ1n) is 5.44. The summed E-state index contributed by atoms with van der Waals surface area (Å²) in [5, 5.41) is 2.50. The van der Waals surface area contributed by atoms with Crippen molar-refractivity contribution in [2.45, 2.75) is 6.92 Å². The van der Waals surface area contributed by atoms with E-state index in [2.05, 4.69) is 31.2 Å². The van der Waals surface area contributed by atoms with Crippen molar-refractivity contribution in [3.8, 4) is 0 Å². The van der Waals surface area contributed by atoms with E-state index < -0.39 is 11.6 Å². The number of aryl methyl sites for hydroxylation is 1. The van der Waals surface area contributed by atoms with E-state index in [1.54, 1.807) is 13.0 Å². The van der Waals surface area contributed by atoms with Crippen molar-refractivity contribution in [2.24, 2.45) is 5.73 Å². The van der Waals surface area contributed by atoms with Gasteiger partial charge >= 0.3 is 0 Å². The summed E-state index contributed by atoms with van der Waals surface area (Å²) in [7, 11) is 0. The first-order chi connectivity index (χ1) is 9.36. The van der Waals surface area contributed by atoms with E-state index >= 15 is 0 Å². The fourth-order valence-corrected chi connectivity index (χ4v) is 2.03. The van der Waals surface area contributed by atoms with Crippen molar-refractivity contribution >= 4 is 44.8 Å². The number of aromatic nitrogens is 2. The number of hydrogen-bond donors (Lipinski definition) is 2. The predicted molar refractivity (Wildman–Crippen MR) is 80.0 cm³/mol. The van der Waals surface area contributed by atoms with Gasteiger partial charge in [0.25, 0.3) is 0 Å². The molecule has 0 aliphatic rings. The quantitative estimate of drug-likeness (QED) is 0.824. The van der Waals surface area contributed by atoms with Crippen LogP contribution in [0.5, 0.6) is 0 Å². The molecule has 0 unspecified atom stereocenters. The van der Waals surface area contributed by atoms with Gasteiger partial charge in [0.05, 0.1) is 0 Å². The molecule has 104 valence electrons. The van der Waals surface area contributed by atoms with Crippen LogP contribution in [0.3, 0.4) is 0 Å². The van der Waals surface area contributed by atoms with Gasteiger partial charge in [0.2, 0.25) is 5.95 Å². The van der Waals surface area contributed by atoms with Crippen molar-refractivity contribution in [2.75, 3.05) is 5.32 Å². The summed E-state index contributed by atoms with van der Waals surface area (Å²) >= 11 is 7.82. The molecule has 0 saturated carbocycles. The van der Waals surface area contributed by atoms with E-state index in [-0.39, 0.29) is 16.6 Å². The average Bonchev–Trinajstić information content (AvgIpc) is 2.33. The molecule has 0 fully saturated rings. The standard InChI is InChI=1S/C12H9BrF2N4S/c1-5-2-9(11(16)20)18-12(17-5)19-10-7(14)3-6(13)4-8(10)15/h2-4H,1H3,(H2,16,20)(H,17,18,19). The molecule has 2 aromatic rings. The number of thiocarbonyl (C=S) groups is 1. The number of halogens is 3. The molecule has 20 heavy (non-hydrogen) atoms. The van der Waals surface area contributed by atoms with Crippen molar-refractivity contribution in [3.63, 3.8) is 0 Å². The summed E-state index contributed by atoms with van der Waals surface area (Å²) in [6.07, 6.45) is 0. The molecule has 0 radical (unpaired) electrons. The third kappa shape index (κ3) is 3.26. The van der Waals surface area contributed by atoms with E-state index in [0.29, 0.717) is 15.9 Å². The molecule has 0 saturated heterocycles. The molecule has 0 spiro atoms. The molecule has 0 aliphatic heterocycles. The van der Waals surface area contributed by atoms with Crippen LogP contribution in [-0.4, -0.2) is 15.0 Å². The van der Waals surface area contributed by atoms with Crippen LogP contribution in [-0.2, 0) is 0 Å². The van der Waals surface area contributed by atoms with Crippen LogP contribution in [0, 0.1) is 18.6 Å². The second kappa shape index (κ2) is 5.76. The van der Waals surface area contributed by atoms with Gasteiger partial charge in [0.1, 0.15) is 16.4 Å². The fraction of sp³-hybridized carbons (Fsp3) is 0.0833. The highest BCUT2D eigenvalue weighted by molar-refractivity contribution is 9.10. The van der Waals surface area contributed by atoms with Gasteiger partial charge in [-0.3, -0.25) is 0 Å². The number of nitrogens with one attached hydrogen (secondary N) is 1. The third-order valence-corrected chi connectivity index (χ3v) is 3.02. The Balaban J connectivity index is 2.42. The lowest BCUT2D eigenvalue weighted by molar-refractivity contribution is 0.589. The van der Waals surface area contributed by atoms with Crippen LogP contribution in [0.25, 0.3) is 0 Å². The van der Waals surface area contributed by atoms with Crippen LogP contribution >= 0.6 is 28.1 Å². The number of nitrogens with two attached hydrogens (primary N) is 1. The van der Waals surface area contributed by atoms with Crippen molar-refractivity contribution in [1.82, 2.24) is 9.97 Å². The van der Waals surface area contributed by atoms with Gasteiger partial charge in [-0.05, 0) is 25.1 Å². The minimum absolute atomic E-state index is 0.0212. The molecule has 2 rings (SSSR count). The Hall–Kier alpha value is -1.67. The minimum Gasteiger partial charge on any atom is -0.388 e. The Morgan fingerprint density at radius 1 is 1.25 bits per heavy atom. The van der Waals surface area contributed by atoms with Gasteiger partial charge in [-0.2, -0.15) is 0 Å². The molecular formula is C12H9BrF2N4S. The molecule has 8 heteroatoms. The van der Waals surface area contributed by atoms with E-state index in [4.69, 9.17) is 18.0 Å². The highest BCUT2D eigenvalue weighted by Gasteiger charge is 2.13. The van der Waals surface area contributed by atoms with E-state index in [1.807, 2.05) is 0 Å². The smallest absolute Gasteiger partial charge is 0.228 e. The highest BCUT2D eigenvalue weighted by atomic mass is 79.9. The van der Waals surface area contributed by atoms with Crippen LogP contribution in [0.4, 0.5) is 20.4 Å². The molecule has 1 aromatic heterocycles. The number of anilines is 2. The van der Waals surface area contributed by atoms with Crippen LogP contribution in [0.2, 0.25) is 0 Å². The zero-order valence-electron chi connectivity index (χ0n) is 10.2. The summed E-state index contributed by atoms with van der Waals surface area (Å²) < 4.78 is 27.7. The van der Waals surface area contributed by atoms with Gasteiger partial charge < -0.3 is 11.1 Å². The van der Waals surface area contributed by atoms with Gasteiger partial charge in [-0.1, -0.05) is 28.1 Å². The molecule has 0 aliphatic carbocycles. The summed E-state index contributed by atoms with van der Waals surface area (Å²) in [6.45, 7) is 1.70. The fourth-order valence-electron chi connectivity index (χ4n) is 1.52. The molecule has 0 bridgehead atoms. The van der Waals surface area contributed by atoms with Crippen LogP contribution in [0.15, 0.2) is 22.7 Å². The second-order valence-corrected chi connectivity index (χ2v) is 5.31. The minimum atomic E-state index is -0.765. The zero-order chi connectivity index (χ0) is 14.9. The maximum absolute atomic E-state index is 13.7. The Labute approximate surface area is 127 Å². The van der Waals surface area contributed by atoms with E-state index in [1.165, 1.54) is 0 Å². The van der Waals surface area contributed by atoms with Crippen molar-refractivity contribution in [3.05, 3.63) is 45.7 Å². The number of hydrogen-bond acceptors (Lipinski definition) is 4. The average molecular weight is 359 g/mol. The Kier molecular flexibility index (Phi) is 4.24. The van der Waals surface area contributed by atoms with Crippen molar-refractivity contribution < 1.29 is 8.78 Å². The lowest BCUT2D eigenvalue weighted by atomic mass is 10.3. The van der Waals surface area contributed by atoms with Gasteiger partial charge in [0, 0.05) is 10.2 Å². The normalized spacial score (nSPS) is 10.4. The summed E-state index contributed by atoms with van der Waals surface area (Å²) in [4.78, 5) is 8.11. The topological polar surface area (TPSA) is 63.8 Å². The summed E-state index contributed by atoms with van der Waals surface area (Å²) in [6, 6.07) is 3.85. The summed E-state index contributed by atoms with van der Waals surface area (Å²) in [5.41, 5.74) is 6.04. The largest absolute Gasteiger partial charge is 0.388 e. The molecule has 4 nitrogen and oxygen atoms in total. The number of nitrogens with zero attached hydrogens (tertiary/aromatic N) is 2. The lowest BCUT2D eigenvalue weighted by Gasteiger charge is -2.09. The third-order valence-electron chi connectivity index (χ3n) is 2.35. The molecule has 0 atom stereocenters. The molecule has 3 N–H and O–H groups in total. The maximum atomic E-state index is 13.7. The molecule has 1 aromatic carbocycles. The Bertz CT molecular complexity index is 670. The van der Waals surface area contributed by atoms with E-state index in [9.17, 15) is 8.78 Å². The van der Waals surface area contributed by atoms with Crippen LogP contribution < -0.4 is 11.1 Å². The Morgan fingerprint density at radius 3 is 2.40 bits per heavy atom. The first-order valence-corrected chi connectivity index (χ1v) is 6.64. The van der Waals surface area contributed by atoms with E-state index in [0.717, 1.165) is 12.1 Å². The van der Waals surface area contributed by atoms with Crippen molar-refractivity contribution in [1.29, 1.82) is 0 Å². The lowest BCUT2D eigenvalue weighted by Crippen LogP contribution is -2.14.